The zero-order valence-electron chi connectivity index (χ0n) is 16.1. The van der Waals surface area contributed by atoms with Crippen molar-refractivity contribution in [2.45, 2.75) is 22.9 Å². The molecule has 0 aliphatic rings. The molecule has 0 bridgehead atoms. The third-order valence-corrected chi connectivity index (χ3v) is 7.20. The van der Waals surface area contributed by atoms with Crippen molar-refractivity contribution in [1.29, 1.82) is 0 Å². The molecular formula is C20H16F4N2O4S2. The first-order valence-electron chi connectivity index (χ1n) is 8.96. The van der Waals surface area contributed by atoms with E-state index in [1.807, 2.05) is 0 Å². The van der Waals surface area contributed by atoms with E-state index in [0.717, 1.165) is 36.4 Å². The number of benzene rings is 3. The van der Waals surface area contributed by atoms with Crippen LogP contribution in [0.5, 0.6) is 0 Å². The van der Waals surface area contributed by atoms with Gasteiger partial charge in [-0.3, -0.25) is 0 Å². The average molecular weight is 488 g/mol. The third-order valence-electron chi connectivity index (χ3n) is 4.30. The fourth-order valence-corrected chi connectivity index (χ4v) is 5.13. The molecule has 3 aromatic carbocycles. The van der Waals surface area contributed by atoms with Crippen molar-refractivity contribution in [3.63, 3.8) is 0 Å². The molecule has 3 aromatic rings. The lowest BCUT2D eigenvalue weighted by atomic mass is 10.1. The maximum Gasteiger partial charge on any atom is 0.246 e. The topological polar surface area (TPSA) is 92.3 Å². The van der Waals surface area contributed by atoms with Gasteiger partial charge < -0.3 is 0 Å². The largest absolute Gasteiger partial charge is 0.246 e. The fraction of sp³-hybridized carbons (Fsp3) is 0.100. The Morgan fingerprint density at radius 1 is 0.562 bits per heavy atom. The van der Waals surface area contributed by atoms with Crippen LogP contribution in [0.25, 0.3) is 0 Å². The maximum absolute atomic E-state index is 13.8. The molecule has 0 amide bonds. The molecule has 0 aromatic heterocycles. The summed E-state index contributed by atoms with van der Waals surface area (Å²) in [6.45, 7) is -0.697. The van der Waals surface area contributed by atoms with E-state index >= 15 is 0 Å². The summed E-state index contributed by atoms with van der Waals surface area (Å²) in [6.07, 6.45) is 0. The molecule has 0 aliphatic carbocycles. The van der Waals surface area contributed by atoms with E-state index in [2.05, 4.69) is 9.44 Å². The van der Waals surface area contributed by atoms with Crippen molar-refractivity contribution in [1.82, 2.24) is 9.44 Å². The predicted octanol–water partition coefficient (Wildman–Crippen LogP) is 3.20. The van der Waals surface area contributed by atoms with Gasteiger partial charge in [-0.15, -0.1) is 0 Å². The highest BCUT2D eigenvalue weighted by atomic mass is 32.2. The van der Waals surface area contributed by atoms with Crippen molar-refractivity contribution in [2.75, 3.05) is 0 Å². The molecule has 32 heavy (non-hydrogen) atoms. The summed E-state index contributed by atoms with van der Waals surface area (Å²) in [5, 5.41) is 0. The zero-order chi connectivity index (χ0) is 23.5. The molecule has 0 unspecified atom stereocenters. The standard InChI is InChI=1S/C20H16F4N2O4S2/c21-15-6-2-7-16(22)19(15)31(27,28)25-11-13-4-1-5-14(10-13)12-26-32(29,30)20-17(23)8-3-9-18(20)24/h1-10,25-26H,11-12H2. The van der Waals surface area contributed by atoms with E-state index in [4.69, 9.17) is 0 Å². The molecule has 0 saturated heterocycles. The van der Waals surface area contributed by atoms with Crippen molar-refractivity contribution in [3.05, 3.63) is 95.1 Å². The molecule has 2 N–H and O–H groups in total. The minimum absolute atomic E-state index is 0.346. The first kappa shape index (κ1) is 23.9. The summed E-state index contributed by atoms with van der Waals surface area (Å²) in [6, 6.07) is 11.2. The highest BCUT2D eigenvalue weighted by Crippen LogP contribution is 2.20. The number of sulfonamides is 2. The Balaban J connectivity index is 1.72. The lowest BCUT2D eigenvalue weighted by molar-refractivity contribution is 0.512. The Morgan fingerprint density at radius 3 is 1.22 bits per heavy atom. The first-order chi connectivity index (χ1) is 15.0. The highest BCUT2D eigenvalue weighted by molar-refractivity contribution is 7.89. The van der Waals surface area contributed by atoms with E-state index < -0.39 is 53.1 Å². The molecule has 0 radical (unpaired) electrons. The van der Waals surface area contributed by atoms with Crippen LogP contribution in [0.3, 0.4) is 0 Å². The molecule has 0 aliphatic heterocycles. The van der Waals surface area contributed by atoms with Crippen molar-refractivity contribution in [3.8, 4) is 0 Å². The van der Waals surface area contributed by atoms with Crippen LogP contribution in [0.1, 0.15) is 11.1 Å². The average Bonchev–Trinajstić information content (AvgIpc) is 2.71. The lowest BCUT2D eigenvalue weighted by Gasteiger charge is -2.11. The van der Waals surface area contributed by atoms with E-state index in [1.54, 1.807) is 0 Å². The van der Waals surface area contributed by atoms with Crippen LogP contribution in [-0.4, -0.2) is 16.8 Å². The van der Waals surface area contributed by atoms with Crippen LogP contribution in [0.4, 0.5) is 17.6 Å². The molecule has 0 atom stereocenters. The fourth-order valence-electron chi connectivity index (χ4n) is 2.83. The summed E-state index contributed by atoms with van der Waals surface area (Å²) in [5.41, 5.74) is 0.693. The number of hydrogen-bond donors (Lipinski definition) is 2. The summed E-state index contributed by atoms with van der Waals surface area (Å²) < 4.78 is 108. The Labute approximate surface area is 182 Å². The van der Waals surface area contributed by atoms with Gasteiger partial charge in [-0.05, 0) is 35.4 Å². The van der Waals surface area contributed by atoms with E-state index in [9.17, 15) is 34.4 Å². The quantitative estimate of drug-likeness (QED) is 0.477. The second-order valence-corrected chi connectivity index (χ2v) is 9.98. The first-order valence-corrected chi connectivity index (χ1v) is 11.9. The summed E-state index contributed by atoms with van der Waals surface area (Å²) in [4.78, 5) is -2.23. The molecule has 0 spiro atoms. The number of halogens is 4. The van der Waals surface area contributed by atoms with Crippen molar-refractivity contribution >= 4 is 20.0 Å². The monoisotopic (exact) mass is 488 g/mol. The van der Waals surface area contributed by atoms with Crippen LogP contribution < -0.4 is 9.44 Å². The second-order valence-electron chi connectivity index (χ2n) is 6.57. The van der Waals surface area contributed by atoms with Crippen LogP contribution in [0.15, 0.2) is 70.5 Å². The van der Waals surface area contributed by atoms with Crippen LogP contribution >= 0.6 is 0 Å². The maximum atomic E-state index is 13.8. The molecule has 0 saturated carbocycles. The molecule has 0 heterocycles. The summed E-state index contributed by atoms with van der Waals surface area (Å²) >= 11 is 0. The Bertz CT molecular complexity index is 1220. The van der Waals surface area contributed by atoms with Gasteiger partial charge in [0.15, 0.2) is 9.79 Å². The molecule has 0 fully saturated rings. The number of nitrogens with one attached hydrogen (secondary N) is 2. The second kappa shape index (κ2) is 9.36. The Morgan fingerprint density at radius 2 is 0.875 bits per heavy atom. The van der Waals surface area contributed by atoms with Gasteiger partial charge >= 0.3 is 0 Å². The Kier molecular flexibility index (Phi) is 6.98. The van der Waals surface area contributed by atoms with Gasteiger partial charge in [-0.2, -0.15) is 0 Å². The third kappa shape index (κ3) is 5.33. The lowest BCUT2D eigenvalue weighted by Crippen LogP contribution is -2.26. The van der Waals surface area contributed by atoms with Gasteiger partial charge in [0.05, 0.1) is 0 Å². The van der Waals surface area contributed by atoms with Crippen LogP contribution in [0, 0.1) is 23.3 Å². The highest BCUT2D eigenvalue weighted by Gasteiger charge is 2.24. The minimum Gasteiger partial charge on any atom is -0.207 e. The smallest absolute Gasteiger partial charge is 0.207 e. The summed E-state index contributed by atoms with van der Waals surface area (Å²) in [7, 11) is -9.02. The molecule has 170 valence electrons. The molecular weight excluding hydrogens is 472 g/mol. The van der Waals surface area contributed by atoms with E-state index in [1.165, 1.54) is 24.3 Å². The van der Waals surface area contributed by atoms with Crippen molar-refractivity contribution in [2.24, 2.45) is 0 Å². The minimum atomic E-state index is -4.51. The van der Waals surface area contributed by atoms with Gasteiger partial charge in [0.25, 0.3) is 0 Å². The normalized spacial score (nSPS) is 12.1. The molecule has 3 rings (SSSR count). The van der Waals surface area contributed by atoms with Gasteiger partial charge in [0, 0.05) is 13.1 Å². The number of rotatable bonds is 8. The van der Waals surface area contributed by atoms with Crippen LogP contribution in [0.2, 0.25) is 0 Å². The van der Waals surface area contributed by atoms with Crippen molar-refractivity contribution < 1.29 is 34.4 Å². The van der Waals surface area contributed by atoms with Gasteiger partial charge in [-0.25, -0.2) is 43.8 Å². The van der Waals surface area contributed by atoms with Gasteiger partial charge in [0.2, 0.25) is 20.0 Å². The van der Waals surface area contributed by atoms with Gasteiger partial charge in [-0.1, -0.05) is 36.4 Å². The predicted molar refractivity (Wildman–Crippen MR) is 107 cm³/mol. The van der Waals surface area contributed by atoms with E-state index in [-0.39, 0.29) is 13.1 Å². The number of hydrogen-bond acceptors (Lipinski definition) is 4. The van der Waals surface area contributed by atoms with Crippen LogP contribution in [-0.2, 0) is 33.1 Å². The molecule has 6 nitrogen and oxygen atoms in total. The molecule has 12 heteroatoms. The zero-order valence-corrected chi connectivity index (χ0v) is 17.8. The Hall–Kier alpha value is -2.80. The van der Waals surface area contributed by atoms with Gasteiger partial charge in [0.1, 0.15) is 23.3 Å². The van der Waals surface area contributed by atoms with E-state index in [0.29, 0.717) is 11.1 Å². The summed E-state index contributed by atoms with van der Waals surface area (Å²) in [5.74, 6) is -5.00. The SMILES string of the molecule is O=S(=O)(NCc1cccc(CNS(=O)(=O)c2c(F)cccc2F)c1)c1c(F)cccc1F.